The molecule has 0 spiro atoms. The van der Waals surface area contributed by atoms with Crippen molar-refractivity contribution in [3.05, 3.63) is 23.3 Å². The highest BCUT2D eigenvalue weighted by atomic mass is 16.3. The highest BCUT2D eigenvalue weighted by Crippen LogP contribution is 2.61. The molecule has 0 saturated heterocycles. The summed E-state index contributed by atoms with van der Waals surface area (Å²) in [6, 6.07) is 0. The van der Waals surface area contributed by atoms with Crippen molar-refractivity contribution in [1.82, 2.24) is 0 Å². The van der Waals surface area contributed by atoms with Crippen molar-refractivity contribution >= 4 is 6.29 Å². The van der Waals surface area contributed by atoms with E-state index in [0.717, 1.165) is 31.1 Å². The maximum absolute atomic E-state index is 10.7. The van der Waals surface area contributed by atoms with Crippen LogP contribution in [0.4, 0.5) is 0 Å². The zero-order chi connectivity index (χ0) is 16.4. The van der Waals surface area contributed by atoms with Crippen LogP contribution in [-0.4, -0.2) is 18.0 Å². The van der Waals surface area contributed by atoms with Crippen molar-refractivity contribution in [3.8, 4) is 0 Å². The number of carbonyl (C=O) groups is 1. The lowest BCUT2D eigenvalue weighted by molar-refractivity contribution is -0.104. The maximum Gasteiger partial charge on any atom is 0.142 e. The van der Waals surface area contributed by atoms with Gasteiger partial charge in [-0.25, -0.2) is 0 Å². The number of hydrogen-bond acceptors (Lipinski definition) is 2. The summed E-state index contributed by atoms with van der Waals surface area (Å²) in [5.74, 6) is 1.03. The predicted octanol–water partition coefficient (Wildman–Crippen LogP) is 4.68. The number of aldehydes is 1. The molecule has 0 radical (unpaired) electrons. The van der Waals surface area contributed by atoms with Crippen LogP contribution in [0, 0.1) is 22.7 Å². The summed E-state index contributed by atoms with van der Waals surface area (Å²) in [4.78, 5) is 10.7. The van der Waals surface area contributed by atoms with Crippen molar-refractivity contribution < 1.29 is 9.90 Å². The van der Waals surface area contributed by atoms with Gasteiger partial charge >= 0.3 is 0 Å². The number of aliphatic hydroxyl groups excluding tert-OH is 1. The predicted molar refractivity (Wildman–Crippen MR) is 91.6 cm³/mol. The first-order chi connectivity index (χ1) is 10.4. The number of fused-ring (bicyclic) bond motifs is 1. The largest absolute Gasteiger partial charge is 0.396 e. The topological polar surface area (TPSA) is 37.3 Å². The molecule has 0 aromatic carbocycles. The molecule has 0 amide bonds. The van der Waals surface area contributed by atoms with Gasteiger partial charge in [-0.15, -0.1) is 0 Å². The average molecular weight is 304 g/mol. The molecule has 1 saturated carbocycles. The van der Waals surface area contributed by atoms with Crippen LogP contribution in [-0.2, 0) is 4.79 Å². The first-order valence-corrected chi connectivity index (χ1v) is 8.77. The summed E-state index contributed by atoms with van der Waals surface area (Å²) in [5.41, 5.74) is 3.16. The van der Waals surface area contributed by atoms with Crippen LogP contribution in [0.3, 0.4) is 0 Å². The molecule has 1 N–H and O–H groups in total. The SMILES string of the molecule is CC1=CCC[C@@H]2[C@](C)(CC/C(C)=C\C=O)[C@H](CO)CC[C@@]12C. The van der Waals surface area contributed by atoms with Gasteiger partial charge in [0, 0.05) is 6.61 Å². The van der Waals surface area contributed by atoms with Gasteiger partial charge in [-0.2, -0.15) is 0 Å². The van der Waals surface area contributed by atoms with Crippen LogP contribution in [0.2, 0.25) is 0 Å². The first kappa shape index (κ1) is 17.5. The zero-order valence-corrected chi connectivity index (χ0v) is 14.7. The molecule has 2 aliphatic carbocycles. The molecule has 1 fully saturated rings. The van der Waals surface area contributed by atoms with E-state index in [4.69, 9.17) is 0 Å². The average Bonchev–Trinajstić information content (AvgIpc) is 2.48. The van der Waals surface area contributed by atoms with Gasteiger partial charge in [0.05, 0.1) is 0 Å². The molecule has 0 aromatic heterocycles. The molecule has 2 rings (SSSR count). The third-order valence-corrected chi connectivity index (χ3v) is 6.95. The number of hydrogen-bond donors (Lipinski definition) is 1. The van der Waals surface area contributed by atoms with E-state index >= 15 is 0 Å². The fraction of sp³-hybridized carbons (Fsp3) is 0.750. The molecule has 0 aliphatic heterocycles. The lowest BCUT2D eigenvalue weighted by Crippen LogP contribution is -2.51. The summed E-state index contributed by atoms with van der Waals surface area (Å²) < 4.78 is 0. The van der Waals surface area contributed by atoms with E-state index < -0.39 is 0 Å². The lowest BCUT2D eigenvalue weighted by atomic mass is 9.46. The molecule has 0 unspecified atom stereocenters. The van der Waals surface area contributed by atoms with Crippen LogP contribution in [0.1, 0.15) is 66.2 Å². The quantitative estimate of drug-likeness (QED) is 0.455. The Morgan fingerprint density at radius 1 is 1.41 bits per heavy atom. The molecule has 2 aliphatic rings. The molecular formula is C20H32O2. The Balaban J connectivity index is 2.29. The van der Waals surface area contributed by atoms with Crippen LogP contribution in [0.5, 0.6) is 0 Å². The van der Waals surface area contributed by atoms with Crippen LogP contribution >= 0.6 is 0 Å². The molecule has 2 nitrogen and oxygen atoms in total. The van der Waals surface area contributed by atoms with Gasteiger partial charge in [0.1, 0.15) is 6.29 Å². The van der Waals surface area contributed by atoms with E-state index in [2.05, 4.69) is 26.8 Å². The Bertz CT molecular complexity index is 476. The van der Waals surface area contributed by atoms with Crippen molar-refractivity contribution in [2.75, 3.05) is 6.61 Å². The van der Waals surface area contributed by atoms with Crippen molar-refractivity contribution in [2.24, 2.45) is 22.7 Å². The minimum atomic E-state index is 0.162. The zero-order valence-electron chi connectivity index (χ0n) is 14.7. The van der Waals surface area contributed by atoms with E-state index in [-0.39, 0.29) is 5.41 Å². The molecule has 4 atom stereocenters. The van der Waals surface area contributed by atoms with Crippen molar-refractivity contribution in [3.63, 3.8) is 0 Å². The highest BCUT2D eigenvalue weighted by Gasteiger charge is 2.53. The number of rotatable bonds is 5. The van der Waals surface area contributed by atoms with Gasteiger partial charge in [-0.1, -0.05) is 31.1 Å². The van der Waals surface area contributed by atoms with Crippen LogP contribution < -0.4 is 0 Å². The molecule has 0 aromatic rings. The fourth-order valence-corrected chi connectivity index (χ4v) is 5.15. The van der Waals surface area contributed by atoms with E-state index in [1.165, 1.54) is 19.3 Å². The third kappa shape index (κ3) is 2.95. The maximum atomic E-state index is 10.7. The molecule has 2 heteroatoms. The summed E-state index contributed by atoms with van der Waals surface area (Å²) in [6.07, 6.45) is 11.7. The van der Waals surface area contributed by atoms with Gasteiger partial charge in [0.25, 0.3) is 0 Å². The van der Waals surface area contributed by atoms with E-state index in [0.29, 0.717) is 23.9 Å². The standard InChI is InChI=1S/C20H32O2/c1-15(10-13-21)8-11-20(4)17(14-22)9-12-19(3)16(2)6-5-7-18(19)20/h6,10,13,17-18,22H,5,7-9,11-12,14H2,1-4H3/b15-10-/t17-,18-,19-,20+/m0/s1. The minimum Gasteiger partial charge on any atom is -0.396 e. The van der Waals surface area contributed by atoms with E-state index in [1.807, 2.05) is 6.92 Å². The van der Waals surface area contributed by atoms with Crippen LogP contribution in [0.15, 0.2) is 23.3 Å². The highest BCUT2D eigenvalue weighted by molar-refractivity contribution is 5.65. The number of allylic oxidation sites excluding steroid dienone is 4. The normalized spacial score (nSPS) is 39.1. The monoisotopic (exact) mass is 304 g/mol. The molecule has 124 valence electrons. The molecule has 0 heterocycles. The molecule has 22 heavy (non-hydrogen) atoms. The Hall–Kier alpha value is -0.890. The fourth-order valence-electron chi connectivity index (χ4n) is 5.15. The number of aliphatic hydroxyl groups is 1. The summed E-state index contributed by atoms with van der Waals surface area (Å²) in [6.45, 7) is 9.46. The third-order valence-electron chi connectivity index (χ3n) is 6.95. The van der Waals surface area contributed by atoms with Crippen molar-refractivity contribution in [1.29, 1.82) is 0 Å². The van der Waals surface area contributed by atoms with Gasteiger partial charge in [0.2, 0.25) is 0 Å². The minimum absolute atomic E-state index is 0.162. The van der Waals surface area contributed by atoms with Gasteiger partial charge < -0.3 is 5.11 Å². The Kier molecular flexibility index (Phi) is 5.32. The van der Waals surface area contributed by atoms with Crippen molar-refractivity contribution in [2.45, 2.75) is 66.2 Å². The lowest BCUT2D eigenvalue weighted by Gasteiger charge is -2.58. The van der Waals surface area contributed by atoms with E-state index in [1.54, 1.807) is 11.6 Å². The summed E-state index contributed by atoms with van der Waals surface area (Å²) in [7, 11) is 0. The molecule has 0 bridgehead atoms. The van der Waals surface area contributed by atoms with Gasteiger partial charge in [-0.3, -0.25) is 4.79 Å². The summed E-state index contributed by atoms with van der Waals surface area (Å²) >= 11 is 0. The Morgan fingerprint density at radius 2 is 2.14 bits per heavy atom. The second-order valence-electron chi connectivity index (χ2n) is 8.01. The molecular weight excluding hydrogens is 272 g/mol. The van der Waals surface area contributed by atoms with Gasteiger partial charge in [-0.05, 0) is 81.1 Å². The Labute approximate surface area is 135 Å². The van der Waals surface area contributed by atoms with Gasteiger partial charge in [0.15, 0.2) is 0 Å². The van der Waals surface area contributed by atoms with Crippen LogP contribution in [0.25, 0.3) is 0 Å². The van der Waals surface area contributed by atoms with E-state index in [9.17, 15) is 9.90 Å². The first-order valence-electron chi connectivity index (χ1n) is 8.77. The second-order valence-corrected chi connectivity index (χ2v) is 8.01. The smallest absolute Gasteiger partial charge is 0.142 e. The second kappa shape index (κ2) is 6.70. The number of carbonyl (C=O) groups excluding carboxylic acids is 1. The summed E-state index contributed by atoms with van der Waals surface area (Å²) in [5, 5.41) is 9.95. The Morgan fingerprint density at radius 3 is 2.77 bits per heavy atom.